The van der Waals surface area contributed by atoms with Crippen LogP contribution in [0.4, 0.5) is 5.69 Å². The Hall–Kier alpha value is -2.15. The lowest BCUT2D eigenvalue weighted by atomic mass is 10.2. The van der Waals surface area contributed by atoms with Gasteiger partial charge in [-0.3, -0.25) is 4.72 Å². The molecule has 12 heteroatoms. The lowest BCUT2D eigenvalue weighted by Gasteiger charge is -2.27. The highest BCUT2D eigenvalue weighted by Crippen LogP contribution is 2.33. The number of hydrogen-bond donors (Lipinski definition) is 1. The van der Waals surface area contributed by atoms with Gasteiger partial charge in [0.2, 0.25) is 10.0 Å². The lowest BCUT2D eigenvalue weighted by Crippen LogP contribution is -2.35. The molecule has 31 heavy (non-hydrogen) atoms. The van der Waals surface area contributed by atoms with Gasteiger partial charge in [0.25, 0.3) is 10.0 Å². The minimum Gasteiger partial charge on any atom is -0.492 e. The summed E-state index contributed by atoms with van der Waals surface area (Å²) in [5, 5.41) is 1.46. The number of nitrogens with zero attached hydrogens (tertiary/aromatic N) is 1. The third-order valence-corrected chi connectivity index (χ3v) is 9.09. The summed E-state index contributed by atoms with van der Waals surface area (Å²) in [4.78, 5) is 11.5. The van der Waals surface area contributed by atoms with Crippen LogP contribution < -0.4 is 9.46 Å². The maximum atomic E-state index is 13.2. The molecule has 0 spiro atoms. The van der Waals surface area contributed by atoms with E-state index >= 15 is 0 Å². The molecule has 1 aromatic carbocycles. The molecule has 0 unspecified atom stereocenters. The first-order valence-corrected chi connectivity index (χ1v) is 13.5. The van der Waals surface area contributed by atoms with E-state index in [1.807, 2.05) is 0 Å². The highest BCUT2D eigenvalue weighted by molar-refractivity contribution is 7.93. The maximum absolute atomic E-state index is 13.2. The van der Waals surface area contributed by atoms with E-state index in [-0.39, 0.29) is 32.7 Å². The van der Waals surface area contributed by atoms with Crippen LogP contribution in [0.1, 0.15) is 35.9 Å². The van der Waals surface area contributed by atoms with Crippen molar-refractivity contribution < 1.29 is 31.1 Å². The Morgan fingerprint density at radius 2 is 1.81 bits per heavy atom. The van der Waals surface area contributed by atoms with Crippen LogP contribution in [0.2, 0.25) is 0 Å². The molecular formula is C19H24N2O7S3. The summed E-state index contributed by atoms with van der Waals surface area (Å²) < 4.78 is 66.1. The molecule has 1 aliphatic heterocycles. The van der Waals surface area contributed by atoms with Crippen molar-refractivity contribution in [1.29, 1.82) is 0 Å². The summed E-state index contributed by atoms with van der Waals surface area (Å²) in [5.74, 6) is -0.614. The first kappa shape index (κ1) is 23.5. The fraction of sp³-hybridized carbons (Fsp3) is 0.421. The molecule has 0 amide bonds. The van der Waals surface area contributed by atoms with Gasteiger partial charge < -0.3 is 9.47 Å². The zero-order chi connectivity index (χ0) is 22.6. The van der Waals surface area contributed by atoms with Crippen LogP contribution in [0.5, 0.6) is 5.75 Å². The summed E-state index contributed by atoms with van der Waals surface area (Å²) in [6, 6.07) is 5.38. The van der Waals surface area contributed by atoms with Crippen molar-refractivity contribution in [2.75, 3.05) is 31.5 Å². The molecule has 3 rings (SSSR count). The van der Waals surface area contributed by atoms with Gasteiger partial charge in [-0.1, -0.05) is 6.42 Å². The number of esters is 1. The summed E-state index contributed by atoms with van der Waals surface area (Å²) in [5.41, 5.74) is 0.0426. The number of hydrogen-bond acceptors (Lipinski definition) is 8. The molecule has 1 aliphatic rings. The predicted octanol–water partition coefficient (Wildman–Crippen LogP) is 2.91. The number of thiophene rings is 1. The topological polar surface area (TPSA) is 119 Å². The summed E-state index contributed by atoms with van der Waals surface area (Å²) in [6.45, 7) is 2.80. The number of piperidine rings is 1. The molecule has 0 atom stereocenters. The third-order valence-electron chi connectivity index (χ3n) is 4.72. The predicted molar refractivity (Wildman–Crippen MR) is 117 cm³/mol. The third kappa shape index (κ3) is 5.03. The van der Waals surface area contributed by atoms with Crippen molar-refractivity contribution in [2.45, 2.75) is 36.0 Å². The summed E-state index contributed by atoms with van der Waals surface area (Å²) >= 11 is 0.939. The van der Waals surface area contributed by atoms with E-state index in [9.17, 15) is 21.6 Å². The molecular weight excluding hydrogens is 464 g/mol. The molecule has 1 aromatic heterocycles. The van der Waals surface area contributed by atoms with E-state index in [4.69, 9.17) is 4.74 Å². The van der Waals surface area contributed by atoms with E-state index in [0.717, 1.165) is 37.7 Å². The van der Waals surface area contributed by atoms with E-state index in [1.165, 1.54) is 34.0 Å². The molecule has 0 bridgehead atoms. The van der Waals surface area contributed by atoms with Gasteiger partial charge in [0.1, 0.15) is 20.4 Å². The van der Waals surface area contributed by atoms with Gasteiger partial charge in [-0.25, -0.2) is 21.6 Å². The zero-order valence-electron chi connectivity index (χ0n) is 17.2. The molecule has 0 aliphatic carbocycles. The number of ether oxygens (including phenoxy) is 2. The first-order valence-electron chi connectivity index (χ1n) is 9.66. The second-order valence-corrected chi connectivity index (χ2v) is 11.2. The van der Waals surface area contributed by atoms with Crippen molar-refractivity contribution in [2.24, 2.45) is 0 Å². The zero-order valence-corrected chi connectivity index (χ0v) is 19.6. The highest BCUT2D eigenvalue weighted by Gasteiger charge is 2.30. The Morgan fingerprint density at radius 1 is 1.10 bits per heavy atom. The number of rotatable bonds is 8. The number of benzene rings is 1. The van der Waals surface area contributed by atoms with Crippen molar-refractivity contribution in [3.8, 4) is 5.75 Å². The van der Waals surface area contributed by atoms with Crippen molar-refractivity contribution in [3.05, 3.63) is 34.5 Å². The average Bonchev–Trinajstić information content (AvgIpc) is 3.26. The number of anilines is 1. The SMILES string of the molecule is CCOc1ccc(NS(=O)(=O)c2ccsc2C(=O)OC)cc1S(=O)(=O)N1CCCCC1. The standard InChI is InChI=1S/C19H24N2O7S3/c1-3-28-15-8-7-14(13-17(15)31(25,26)21-10-5-4-6-11-21)20-30(23,24)16-9-12-29-18(16)19(22)27-2/h7-9,12-13,20H,3-6,10-11H2,1-2H3. The fourth-order valence-electron chi connectivity index (χ4n) is 3.25. The molecule has 9 nitrogen and oxygen atoms in total. The second kappa shape index (κ2) is 9.55. The molecule has 0 radical (unpaired) electrons. The number of carbonyl (C=O) groups is 1. The van der Waals surface area contributed by atoms with Crippen LogP contribution in [0.25, 0.3) is 0 Å². The molecule has 2 heterocycles. The Labute approximate surface area is 186 Å². The van der Waals surface area contributed by atoms with Crippen LogP contribution in [0, 0.1) is 0 Å². The monoisotopic (exact) mass is 488 g/mol. The number of sulfonamides is 2. The first-order chi connectivity index (χ1) is 14.7. The number of carbonyl (C=O) groups excluding carboxylic acids is 1. The lowest BCUT2D eigenvalue weighted by molar-refractivity contribution is 0.0602. The molecule has 1 N–H and O–H groups in total. The van der Waals surface area contributed by atoms with Crippen LogP contribution in [-0.2, 0) is 24.8 Å². The fourth-order valence-corrected chi connectivity index (χ4v) is 7.31. The maximum Gasteiger partial charge on any atom is 0.349 e. The van der Waals surface area contributed by atoms with Gasteiger partial charge >= 0.3 is 5.97 Å². The van der Waals surface area contributed by atoms with Gasteiger partial charge in [0, 0.05) is 13.1 Å². The van der Waals surface area contributed by atoms with Crippen molar-refractivity contribution >= 4 is 43.0 Å². The number of nitrogens with one attached hydrogen (secondary N) is 1. The molecule has 1 saturated heterocycles. The van der Waals surface area contributed by atoms with Crippen LogP contribution in [0.15, 0.2) is 39.4 Å². The Kier molecular flexibility index (Phi) is 7.24. The Morgan fingerprint density at radius 3 is 2.45 bits per heavy atom. The van der Waals surface area contributed by atoms with E-state index in [0.29, 0.717) is 13.1 Å². The van der Waals surface area contributed by atoms with Crippen LogP contribution >= 0.6 is 11.3 Å². The van der Waals surface area contributed by atoms with Gasteiger partial charge in [-0.15, -0.1) is 11.3 Å². The quantitative estimate of drug-likeness (QED) is 0.568. The molecule has 2 aromatic rings. The second-order valence-electron chi connectivity index (χ2n) is 6.77. The normalized spacial score (nSPS) is 15.4. The van der Waals surface area contributed by atoms with Crippen molar-refractivity contribution in [1.82, 2.24) is 4.31 Å². The Balaban J connectivity index is 1.99. The van der Waals surface area contributed by atoms with Gasteiger partial charge in [-0.2, -0.15) is 4.31 Å². The average molecular weight is 489 g/mol. The van der Waals surface area contributed by atoms with E-state index in [1.54, 1.807) is 6.92 Å². The molecule has 170 valence electrons. The van der Waals surface area contributed by atoms with E-state index in [2.05, 4.69) is 9.46 Å². The molecule has 0 saturated carbocycles. The minimum atomic E-state index is -4.16. The van der Waals surface area contributed by atoms with Crippen molar-refractivity contribution in [3.63, 3.8) is 0 Å². The minimum absolute atomic E-state index is 0.0426. The summed E-state index contributed by atoms with van der Waals surface area (Å²) in [6.07, 6.45) is 2.50. The summed E-state index contributed by atoms with van der Waals surface area (Å²) in [7, 11) is -6.87. The molecule has 1 fully saturated rings. The highest BCUT2D eigenvalue weighted by atomic mass is 32.2. The van der Waals surface area contributed by atoms with E-state index < -0.39 is 26.0 Å². The largest absolute Gasteiger partial charge is 0.492 e. The van der Waals surface area contributed by atoms with Gasteiger partial charge in [0.05, 0.1) is 19.4 Å². The van der Waals surface area contributed by atoms with Crippen LogP contribution in [0.3, 0.4) is 0 Å². The van der Waals surface area contributed by atoms with Gasteiger partial charge in [-0.05, 0) is 49.4 Å². The Bertz CT molecular complexity index is 1150. The smallest absolute Gasteiger partial charge is 0.349 e. The van der Waals surface area contributed by atoms with Gasteiger partial charge in [0.15, 0.2) is 0 Å². The number of methoxy groups -OCH3 is 1. The van der Waals surface area contributed by atoms with Crippen LogP contribution in [-0.4, -0.2) is 53.9 Å².